The van der Waals surface area contributed by atoms with E-state index in [1.165, 1.54) is 4.98 Å². The van der Waals surface area contributed by atoms with Gasteiger partial charge in [-0.1, -0.05) is 0 Å². The third kappa shape index (κ3) is 2.51. The van der Waals surface area contributed by atoms with Crippen molar-refractivity contribution in [1.82, 2.24) is 9.55 Å². The van der Waals surface area contributed by atoms with Crippen LogP contribution >= 0.6 is 0 Å². The molecule has 5 nitrogen and oxygen atoms in total. The number of benzene rings is 1. The largest absolute Gasteiger partial charge is 0.492 e. The summed E-state index contributed by atoms with van der Waals surface area (Å²) in [5.74, 6) is -4.75. The summed E-state index contributed by atoms with van der Waals surface area (Å²) in [5, 5.41) is 9.35. The predicted molar refractivity (Wildman–Crippen MR) is 59.2 cm³/mol. The summed E-state index contributed by atoms with van der Waals surface area (Å²) in [7, 11) is 0. The molecule has 1 heterocycles. The number of H-pyrrole nitrogens is 1. The quantitative estimate of drug-likeness (QED) is 0.785. The number of aromatic hydroxyl groups is 1. The summed E-state index contributed by atoms with van der Waals surface area (Å²) in [6, 6.07) is 1.00. The molecule has 0 aliphatic heterocycles. The lowest BCUT2D eigenvalue weighted by Gasteiger charge is -2.12. The second-order valence-corrected chi connectivity index (χ2v) is 3.90. The van der Waals surface area contributed by atoms with Gasteiger partial charge in [-0.3, -0.25) is 9.78 Å². The summed E-state index contributed by atoms with van der Waals surface area (Å²) >= 11 is 0. The molecular formula is C11H5F5N2O3. The van der Waals surface area contributed by atoms with Crippen LogP contribution in [0.3, 0.4) is 0 Å². The summed E-state index contributed by atoms with van der Waals surface area (Å²) < 4.78 is 64.4. The van der Waals surface area contributed by atoms with Crippen molar-refractivity contribution in [3.8, 4) is 11.6 Å². The van der Waals surface area contributed by atoms with Gasteiger partial charge in [-0.15, -0.1) is 0 Å². The van der Waals surface area contributed by atoms with Gasteiger partial charge in [0, 0.05) is 0 Å². The molecule has 2 N–H and O–H groups in total. The molecule has 0 unspecified atom stereocenters. The van der Waals surface area contributed by atoms with Crippen molar-refractivity contribution in [3.05, 3.63) is 56.2 Å². The average Bonchev–Trinajstić information content (AvgIpc) is 2.37. The van der Waals surface area contributed by atoms with Crippen molar-refractivity contribution in [1.29, 1.82) is 0 Å². The maximum atomic E-state index is 13.6. The second kappa shape index (κ2) is 4.72. The summed E-state index contributed by atoms with van der Waals surface area (Å²) in [4.78, 5) is 23.7. The second-order valence-electron chi connectivity index (χ2n) is 3.90. The van der Waals surface area contributed by atoms with Gasteiger partial charge in [0.25, 0.3) is 5.56 Å². The number of hydrogen-bond donors (Lipinski definition) is 2. The lowest BCUT2D eigenvalue weighted by molar-refractivity contribution is -0.137. The summed E-state index contributed by atoms with van der Waals surface area (Å²) in [5.41, 5.74) is -5.45. The molecule has 2 rings (SSSR count). The Morgan fingerprint density at radius 1 is 1.14 bits per heavy atom. The highest BCUT2D eigenvalue weighted by molar-refractivity contribution is 5.41. The number of aromatic nitrogens is 2. The lowest BCUT2D eigenvalue weighted by Crippen LogP contribution is -2.31. The fraction of sp³-hybridized carbons (Fsp3) is 0.0909. The topological polar surface area (TPSA) is 75.1 Å². The van der Waals surface area contributed by atoms with Gasteiger partial charge in [-0.25, -0.2) is 13.8 Å². The number of halogens is 5. The third-order valence-electron chi connectivity index (χ3n) is 2.55. The molecule has 0 fully saturated rings. The van der Waals surface area contributed by atoms with Gasteiger partial charge >= 0.3 is 11.9 Å². The first-order valence-electron chi connectivity index (χ1n) is 5.24. The van der Waals surface area contributed by atoms with Crippen LogP contribution in [0.5, 0.6) is 5.88 Å². The highest BCUT2D eigenvalue weighted by Gasteiger charge is 2.32. The van der Waals surface area contributed by atoms with Crippen molar-refractivity contribution in [2.75, 3.05) is 0 Å². The van der Waals surface area contributed by atoms with Gasteiger partial charge in [-0.2, -0.15) is 17.6 Å². The molecule has 21 heavy (non-hydrogen) atoms. The van der Waals surface area contributed by atoms with Crippen molar-refractivity contribution in [2.24, 2.45) is 0 Å². The van der Waals surface area contributed by atoms with Crippen LogP contribution in [0, 0.1) is 11.6 Å². The first kappa shape index (κ1) is 14.8. The van der Waals surface area contributed by atoms with Crippen LogP contribution in [0.4, 0.5) is 22.0 Å². The zero-order valence-electron chi connectivity index (χ0n) is 9.83. The molecule has 0 radical (unpaired) electrons. The maximum Gasteiger partial charge on any atom is 0.416 e. The number of alkyl halides is 3. The zero-order valence-corrected chi connectivity index (χ0v) is 9.83. The Morgan fingerprint density at radius 2 is 1.76 bits per heavy atom. The third-order valence-corrected chi connectivity index (χ3v) is 2.55. The van der Waals surface area contributed by atoms with E-state index in [1.807, 2.05) is 0 Å². The molecule has 0 bridgehead atoms. The van der Waals surface area contributed by atoms with Gasteiger partial charge in [0.2, 0.25) is 11.7 Å². The molecule has 0 saturated carbocycles. The van der Waals surface area contributed by atoms with Crippen LogP contribution in [0.25, 0.3) is 5.69 Å². The van der Waals surface area contributed by atoms with Crippen LogP contribution in [0.1, 0.15) is 5.56 Å². The zero-order chi connectivity index (χ0) is 15.9. The van der Waals surface area contributed by atoms with Gasteiger partial charge in [0.05, 0.1) is 11.3 Å². The number of aromatic amines is 1. The molecule has 2 aromatic rings. The van der Waals surface area contributed by atoms with Gasteiger partial charge in [0.1, 0.15) is 5.82 Å². The van der Waals surface area contributed by atoms with Crippen molar-refractivity contribution >= 4 is 0 Å². The summed E-state index contributed by atoms with van der Waals surface area (Å²) in [6.45, 7) is 0. The Labute approximate surface area is 111 Å². The molecule has 0 aliphatic rings. The van der Waals surface area contributed by atoms with E-state index in [9.17, 15) is 36.6 Å². The average molecular weight is 308 g/mol. The Balaban J connectivity index is 2.83. The highest BCUT2D eigenvalue weighted by atomic mass is 19.4. The SMILES string of the molecule is O=c1[nH]c(=O)n(-c2cc(C(F)(F)F)ccc2F)c(O)c1F. The maximum absolute atomic E-state index is 13.6. The van der Waals surface area contributed by atoms with E-state index in [0.29, 0.717) is 12.1 Å². The predicted octanol–water partition coefficient (Wildman–Crippen LogP) is 1.53. The van der Waals surface area contributed by atoms with Crippen LogP contribution in [-0.4, -0.2) is 14.7 Å². The standard InChI is InChI=1S/C11H5F5N2O3/c12-5-2-1-4(11(14,15)16)3-6(5)18-9(20)7(13)8(19)17-10(18)21/h1-3,20H,(H,17,19,21). The number of nitrogens with zero attached hydrogens (tertiary/aromatic N) is 1. The molecule has 0 aliphatic carbocycles. The Morgan fingerprint density at radius 3 is 2.33 bits per heavy atom. The lowest BCUT2D eigenvalue weighted by atomic mass is 10.2. The van der Waals surface area contributed by atoms with Crippen LogP contribution < -0.4 is 11.2 Å². The van der Waals surface area contributed by atoms with E-state index in [1.54, 1.807) is 0 Å². The normalized spacial score (nSPS) is 11.7. The Bertz CT molecular complexity index is 822. The fourth-order valence-corrected chi connectivity index (χ4v) is 1.59. The highest BCUT2D eigenvalue weighted by Crippen LogP contribution is 2.31. The smallest absolute Gasteiger partial charge is 0.416 e. The van der Waals surface area contributed by atoms with Crippen molar-refractivity contribution in [3.63, 3.8) is 0 Å². The van der Waals surface area contributed by atoms with Crippen LogP contribution in [0.15, 0.2) is 27.8 Å². The minimum atomic E-state index is -4.84. The minimum Gasteiger partial charge on any atom is -0.492 e. The fourth-order valence-electron chi connectivity index (χ4n) is 1.59. The Hall–Kier alpha value is -2.65. The number of nitrogens with one attached hydrogen (secondary N) is 1. The monoisotopic (exact) mass is 308 g/mol. The van der Waals surface area contributed by atoms with E-state index in [0.717, 1.165) is 0 Å². The molecule has 0 saturated heterocycles. The van der Waals surface area contributed by atoms with E-state index >= 15 is 0 Å². The molecule has 0 amide bonds. The van der Waals surface area contributed by atoms with E-state index in [2.05, 4.69) is 0 Å². The Kier molecular flexibility index (Phi) is 3.32. The van der Waals surface area contributed by atoms with Gasteiger partial charge < -0.3 is 5.11 Å². The first-order chi connectivity index (χ1) is 9.62. The number of rotatable bonds is 1. The number of hydrogen-bond acceptors (Lipinski definition) is 3. The molecule has 1 aromatic carbocycles. The van der Waals surface area contributed by atoms with Crippen molar-refractivity contribution in [2.45, 2.75) is 6.18 Å². The molecule has 0 atom stereocenters. The van der Waals surface area contributed by atoms with Gasteiger partial charge in [-0.05, 0) is 18.2 Å². The van der Waals surface area contributed by atoms with Gasteiger partial charge in [0.15, 0.2) is 0 Å². The molecular weight excluding hydrogens is 303 g/mol. The van der Waals surface area contributed by atoms with E-state index in [-0.39, 0.29) is 10.6 Å². The minimum absolute atomic E-state index is 0.110. The van der Waals surface area contributed by atoms with Crippen molar-refractivity contribution < 1.29 is 27.1 Å². The molecule has 112 valence electrons. The molecule has 1 aromatic heterocycles. The van der Waals surface area contributed by atoms with E-state index < -0.39 is 46.2 Å². The molecule has 0 spiro atoms. The molecule has 10 heteroatoms. The van der Waals surface area contributed by atoms with Crippen LogP contribution in [0.2, 0.25) is 0 Å². The summed E-state index contributed by atoms with van der Waals surface area (Å²) in [6.07, 6.45) is -4.84. The first-order valence-corrected chi connectivity index (χ1v) is 5.24. The van der Waals surface area contributed by atoms with E-state index in [4.69, 9.17) is 0 Å². The van der Waals surface area contributed by atoms with Crippen LogP contribution in [-0.2, 0) is 6.18 Å².